The van der Waals surface area contributed by atoms with E-state index in [1.165, 1.54) is 0 Å². The fraction of sp³-hybridized carbons (Fsp3) is 0.167. The molecule has 0 amide bonds. The molecule has 0 unspecified atom stereocenters. The zero-order valence-corrected chi connectivity index (χ0v) is 8.78. The van der Waals surface area contributed by atoms with Crippen LogP contribution in [0.1, 0.15) is 5.56 Å². The van der Waals surface area contributed by atoms with E-state index in [1.54, 1.807) is 9.12 Å². The van der Waals surface area contributed by atoms with Crippen molar-refractivity contribution in [3.05, 3.63) is 24.0 Å². The van der Waals surface area contributed by atoms with Gasteiger partial charge in [-0.25, -0.2) is 4.98 Å². The topological polar surface area (TPSA) is 52.2 Å². The molecular formula is C6H9IN3S+. The van der Waals surface area contributed by atoms with Crippen LogP contribution in [-0.4, -0.2) is 0 Å². The molecule has 0 bridgehead atoms. The average Bonchev–Trinajstić information content (AvgIpc) is 2.03. The van der Waals surface area contributed by atoms with E-state index in [4.69, 9.17) is 5.73 Å². The quantitative estimate of drug-likeness (QED) is 0.646. The number of aromatic amines is 1. The molecule has 0 radical (unpaired) electrons. The minimum absolute atomic E-state index is 0.788. The summed E-state index contributed by atoms with van der Waals surface area (Å²) in [4.78, 5) is 2.98. The van der Waals surface area contributed by atoms with Crippen LogP contribution in [0.3, 0.4) is 0 Å². The highest BCUT2D eigenvalue weighted by Gasteiger charge is 1.99. The Balaban J connectivity index is 2.62. The molecule has 0 aromatic carbocycles. The summed E-state index contributed by atoms with van der Waals surface area (Å²) >= 11 is 2.18. The third-order valence-electron chi connectivity index (χ3n) is 1.30. The van der Waals surface area contributed by atoms with Gasteiger partial charge in [0.2, 0.25) is 0 Å². The maximum absolute atomic E-state index is 5.69. The summed E-state index contributed by atoms with van der Waals surface area (Å²) in [7, 11) is 1.56. The van der Waals surface area contributed by atoms with Crippen LogP contribution in [0, 0.1) is 0 Å². The Bertz CT molecular complexity index is 231. The van der Waals surface area contributed by atoms with Gasteiger partial charge in [0.25, 0.3) is 0 Å². The van der Waals surface area contributed by atoms with Gasteiger partial charge >= 0.3 is 0 Å². The lowest BCUT2D eigenvalue weighted by Crippen LogP contribution is -2.09. The van der Waals surface area contributed by atoms with Crippen LogP contribution in [0.15, 0.2) is 18.5 Å². The number of anilines is 1. The zero-order valence-electron chi connectivity index (χ0n) is 5.80. The molecule has 60 valence electrons. The summed E-state index contributed by atoms with van der Waals surface area (Å²) in [5.41, 5.74) is 7.60. The number of pyridine rings is 1. The number of aromatic nitrogens is 1. The Labute approximate surface area is 81.9 Å². The van der Waals surface area contributed by atoms with Crippen molar-refractivity contribution in [1.82, 2.24) is 4.72 Å². The second-order valence-corrected chi connectivity index (χ2v) is 3.79. The molecular weight excluding hydrogens is 273 g/mol. The minimum Gasteiger partial charge on any atom is -0.398 e. The van der Waals surface area contributed by atoms with Crippen LogP contribution < -0.4 is 15.4 Å². The largest absolute Gasteiger partial charge is 0.398 e. The van der Waals surface area contributed by atoms with Gasteiger partial charge in [0.05, 0.1) is 5.56 Å². The Morgan fingerprint density at radius 3 is 3.18 bits per heavy atom. The summed E-state index contributed by atoms with van der Waals surface area (Å²) in [6, 6.07) is 1.86. The van der Waals surface area contributed by atoms with Crippen molar-refractivity contribution in [3.63, 3.8) is 0 Å². The van der Waals surface area contributed by atoms with Crippen molar-refractivity contribution in [3.8, 4) is 0 Å². The molecule has 0 spiro atoms. The van der Waals surface area contributed by atoms with E-state index < -0.39 is 0 Å². The van der Waals surface area contributed by atoms with Crippen LogP contribution in [0.5, 0.6) is 0 Å². The molecule has 0 saturated heterocycles. The number of nitrogens with two attached hydrogens (primary N) is 1. The third kappa shape index (κ3) is 2.84. The first-order chi connectivity index (χ1) is 5.34. The number of halogens is 1. The Morgan fingerprint density at radius 2 is 2.55 bits per heavy atom. The van der Waals surface area contributed by atoms with Gasteiger partial charge in [-0.05, 0) is 9.12 Å². The highest BCUT2D eigenvalue weighted by atomic mass is 127. The number of H-pyrrole nitrogens is 1. The average molecular weight is 282 g/mol. The van der Waals surface area contributed by atoms with E-state index in [-0.39, 0.29) is 0 Å². The first-order valence-corrected chi connectivity index (χ1v) is 6.45. The molecule has 4 N–H and O–H groups in total. The number of hydrogen-bond acceptors (Lipinski definition) is 3. The normalized spacial score (nSPS) is 9.91. The lowest BCUT2D eigenvalue weighted by Gasteiger charge is -1.99. The van der Waals surface area contributed by atoms with Crippen molar-refractivity contribution in [2.75, 3.05) is 5.73 Å². The Kier molecular flexibility index (Phi) is 3.95. The molecule has 0 saturated carbocycles. The third-order valence-corrected chi connectivity index (χ3v) is 2.49. The molecule has 0 aliphatic carbocycles. The number of nitrogen functional groups attached to an aromatic ring is 1. The summed E-state index contributed by atoms with van der Waals surface area (Å²) in [6.45, 7) is 0.788. The Morgan fingerprint density at radius 1 is 1.73 bits per heavy atom. The number of hydrogen-bond donors (Lipinski definition) is 2. The van der Waals surface area contributed by atoms with Crippen LogP contribution in [-0.2, 0) is 6.54 Å². The molecule has 3 nitrogen and oxygen atoms in total. The van der Waals surface area contributed by atoms with Crippen LogP contribution >= 0.6 is 30.3 Å². The molecule has 0 aliphatic heterocycles. The van der Waals surface area contributed by atoms with E-state index >= 15 is 0 Å². The van der Waals surface area contributed by atoms with E-state index in [2.05, 4.69) is 30.9 Å². The maximum atomic E-state index is 5.69. The SMILES string of the molecule is Nc1cc[nH+]cc1CNSI. The van der Waals surface area contributed by atoms with E-state index in [0.717, 1.165) is 17.8 Å². The smallest absolute Gasteiger partial charge is 0.173 e. The van der Waals surface area contributed by atoms with E-state index in [9.17, 15) is 0 Å². The lowest BCUT2D eigenvalue weighted by atomic mass is 10.2. The second-order valence-electron chi connectivity index (χ2n) is 2.02. The molecule has 0 aliphatic rings. The van der Waals surface area contributed by atoms with Crippen LogP contribution in [0.2, 0.25) is 0 Å². The van der Waals surface area contributed by atoms with Gasteiger partial charge < -0.3 is 5.73 Å². The van der Waals surface area contributed by atoms with Crippen molar-refractivity contribution < 1.29 is 4.98 Å². The van der Waals surface area contributed by atoms with Gasteiger partial charge in [-0.3, -0.25) is 4.72 Å². The van der Waals surface area contributed by atoms with Crippen molar-refractivity contribution in [2.24, 2.45) is 0 Å². The summed E-state index contributed by atoms with van der Waals surface area (Å²) in [6.07, 6.45) is 3.71. The first kappa shape index (κ1) is 9.08. The van der Waals surface area contributed by atoms with Gasteiger partial charge in [0, 0.05) is 39.5 Å². The minimum atomic E-state index is 0.788. The van der Waals surface area contributed by atoms with Crippen LogP contribution in [0.4, 0.5) is 5.69 Å². The maximum Gasteiger partial charge on any atom is 0.173 e. The monoisotopic (exact) mass is 282 g/mol. The van der Waals surface area contributed by atoms with Crippen LogP contribution in [0.25, 0.3) is 0 Å². The molecule has 11 heavy (non-hydrogen) atoms. The molecule has 1 heterocycles. The van der Waals surface area contributed by atoms with Gasteiger partial charge in [0.15, 0.2) is 12.4 Å². The first-order valence-electron chi connectivity index (χ1n) is 3.09. The van der Waals surface area contributed by atoms with Crippen molar-refractivity contribution in [1.29, 1.82) is 0 Å². The standard InChI is InChI=1S/C6H8IN3S/c7-11-10-4-5-3-9-2-1-6(5)8/h1-3,10H,4H2,(H2,8,9)/p+1. The summed E-state index contributed by atoms with van der Waals surface area (Å²) < 4.78 is 3.11. The predicted molar refractivity (Wildman–Crippen MR) is 55.9 cm³/mol. The van der Waals surface area contributed by atoms with Gasteiger partial charge in [-0.2, -0.15) is 0 Å². The second kappa shape index (κ2) is 4.78. The zero-order chi connectivity index (χ0) is 8.10. The van der Waals surface area contributed by atoms with Crippen molar-refractivity contribution >= 4 is 36.0 Å². The summed E-state index contributed by atoms with van der Waals surface area (Å²) in [5, 5.41) is 0. The number of rotatable bonds is 3. The molecule has 1 aromatic heterocycles. The molecule has 0 atom stereocenters. The van der Waals surface area contributed by atoms with E-state index in [1.807, 2.05) is 18.5 Å². The fourth-order valence-corrected chi connectivity index (χ4v) is 1.41. The molecule has 1 aromatic rings. The lowest BCUT2D eigenvalue weighted by molar-refractivity contribution is -0.378. The van der Waals surface area contributed by atoms with Gasteiger partial charge in [0.1, 0.15) is 0 Å². The predicted octanol–water partition coefficient (Wildman–Crippen LogP) is 1.17. The van der Waals surface area contributed by atoms with Crippen molar-refractivity contribution in [2.45, 2.75) is 6.54 Å². The highest BCUT2D eigenvalue weighted by Crippen LogP contribution is 2.10. The van der Waals surface area contributed by atoms with Gasteiger partial charge in [-0.15, -0.1) is 0 Å². The van der Waals surface area contributed by atoms with E-state index in [0.29, 0.717) is 0 Å². The molecule has 0 fully saturated rings. The fourth-order valence-electron chi connectivity index (χ4n) is 0.735. The highest BCUT2D eigenvalue weighted by molar-refractivity contribution is 14.2. The number of nitrogens with one attached hydrogen (secondary N) is 2. The Hall–Kier alpha value is -0.0100. The molecule has 5 heteroatoms. The summed E-state index contributed by atoms with van der Waals surface area (Å²) in [5.74, 6) is 0. The molecule has 1 rings (SSSR count). The van der Waals surface area contributed by atoms with Gasteiger partial charge in [-0.1, -0.05) is 0 Å².